The Morgan fingerprint density at radius 1 is 1.33 bits per heavy atom. The van der Waals surface area contributed by atoms with Crippen molar-refractivity contribution < 1.29 is 20.1 Å². The number of fused-ring (bicyclic) bond motifs is 2. The van der Waals surface area contributed by atoms with Crippen molar-refractivity contribution in [1.82, 2.24) is 4.90 Å². The van der Waals surface area contributed by atoms with E-state index in [2.05, 4.69) is 25.7 Å². The monoisotopic (exact) mass is 337 g/mol. The molecule has 0 aromatic rings. The van der Waals surface area contributed by atoms with Gasteiger partial charge in [-0.15, -0.1) is 0 Å². The molecular weight excluding hydrogens is 306 g/mol. The lowest BCUT2D eigenvalue weighted by molar-refractivity contribution is -0.157. The molecule has 5 nitrogen and oxygen atoms in total. The van der Waals surface area contributed by atoms with Gasteiger partial charge < -0.3 is 20.1 Å². The number of piperidine rings is 1. The minimum Gasteiger partial charge on any atom is -0.495 e. The SMILES string of the molecule is COC1=CC2=C(CCN3C[C@H](CC(C)(C)C)C(O)C[C@@H]23)CC1(O)O. The third-order valence-electron chi connectivity index (χ3n) is 5.62. The van der Waals surface area contributed by atoms with Crippen molar-refractivity contribution in [2.24, 2.45) is 11.3 Å². The first-order valence-corrected chi connectivity index (χ1v) is 8.96. The number of aliphatic hydroxyl groups excluding tert-OH is 1. The second kappa shape index (κ2) is 6.13. The van der Waals surface area contributed by atoms with E-state index < -0.39 is 5.79 Å². The second-order valence-corrected chi connectivity index (χ2v) is 8.85. The van der Waals surface area contributed by atoms with Gasteiger partial charge in [-0.1, -0.05) is 26.3 Å². The number of rotatable bonds is 2. The largest absolute Gasteiger partial charge is 0.495 e. The van der Waals surface area contributed by atoms with Crippen LogP contribution in [0.15, 0.2) is 23.0 Å². The number of ether oxygens (including phenoxy) is 1. The van der Waals surface area contributed by atoms with E-state index in [4.69, 9.17) is 4.74 Å². The molecule has 1 aliphatic carbocycles. The Hall–Kier alpha value is -0.880. The summed E-state index contributed by atoms with van der Waals surface area (Å²) < 4.78 is 5.19. The quantitative estimate of drug-likeness (QED) is 0.670. The predicted molar refractivity (Wildman–Crippen MR) is 92.1 cm³/mol. The van der Waals surface area contributed by atoms with Crippen molar-refractivity contribution in [3.05, 3.63) is 23.0 Å². The van der Waals surface area contributed by atoms with E-state index in [1.54, 1.807) is 6.08 Å². The van der Waals surface area contributed by atoms with Crippen LogP contribution in [0.1, 0.15) is 46.5 Å². The minimum atomic E-state index is -1.90. The molecule has 2 heterocycles. The fraction of sp³-hybridized carbons (Fsp3) is 0.789. The normalized spacial score (nSPS) is 33.6. The zero-order valence-corrected chi connectivity index (χ0v) is 15.2. The van der Waals surface area contributed by atoms with Crippen molar-refractivity contribution in [3.8, 4) is 0 Å². The van der Waals surface area contributed by atoms with Crippen molar-refractivity contribution in [1.29, 1.82) is 0 Å². The van der Waals surface area contributed by atoms with Crippen LogP contribution in [-0.2, 0) is 4.74 Å². The van der Waals surface area contributed by atoms with Crippen LogP contribution < -0.4 is 0 Å². The van der Waals surface area contributed by atoms with Gasteiger partial charge in [-0.25, -0.2) is 0 Å². The fourth-order valence-electron chi connectivity index (χ4n) is 4.59. The summed E-state index contributed by atoms with van der Waals surface area (Å²) >= 11 is 0. The molecule has 0 radical (unpaired) electrons. The summed E-state index contributed by atoms with van der Waals surface area (Å²) in [4.78, 5) is 2.45. The predicted octanol–water partition coefficient (Wildman–Crippen LogP) is 1.79. The summed E-state index contributed by atoms with van der Waals surface area (Å²) in [6.45, 7) is 8.49. The highest BCUT2D eigenvalue weighted by molar-refractivity contribution is 5.41. The van der Waals surface area contributed by atoms with Crippen LogP contribution >= 0.6 is 0 Å². The molecule has 0 aromatic carbocycles. The van der Waals surface area contributed by atoms with Crippen molar-refractivity contribution in [2.45, 2.75) is 64.4 Å². The highest BCUT2D eigenvalue weighted by atomic mass is 16.6. The Balaban J connectivity index is 1.82. The van der Waals surface area contributed by atoms with Gasteiger partial charge in [-0.05, 0) is 42.2 Å². The maximum atomic E-state index is 10.7. The van der Waals surface area contributed by atoms with E-state index in [-0.39, 0.29) is 29.7 Å². The molecule has 5 heteroatoms. The van der Waals surface area contributed by atoms with Crippen LogP contribution in [0.3, 0.4) is 0 Å². The van der Waals surface area contributed by atoms with Gasteiger partial charge in [0.15, 0.2) is 5.76 Å². The van der Waals surface area contributed by atoms with Crippen LogP contribution in [0, 0.1) is 11.3 Å². The molecule has 0 saturated carbocycles. The lowest BCUT2D eigenvalue weighted by Crippen LogP contribution is -2.54. The topological polar surface area (TPSA) is 73.2 Å². The average Bonchev–Trinajstić information content (AvgIpc) is 2.45. The average molecular weight is 337 g/mol. The summed E-state index contributed by atoms with van der Waals surface area (Å²) in [5, 5.41) is 31.0. The third kappa shape index (κ3) is 3.40. The lowest BCUT2D eigenvalue weighted by atomic mass is 9.74. The van der Waals surface area contributed by atoms with E-state index in [1.807, 2.05) is 0 Å². The minimum absolute atomic E-state index is 0.154. The molecule has 3 aliphatic rings. The zero-order valence-electron chi connectivity index (χ0n) is 15.2. The Labute approximate surface area is 144 Å². The summed E-state index contributed by atoms with van der Waals surface area (Å²) in [6, 6.07) is 0.154. The molecule has 0 aromatic heterocycles. The lowest BCUT2D eigenvalue weighted by Gasteiger charge is -2.48. The van der Waals surface area contributed by atoms with E-state index in [0.717, 1.165) is 37.1 Å². The molecule has 2 aliphatic heterocycles. The van der Waals surface area contributed by atoms with E-state index in [0.29, 0.717) is 12.3 Å². The summed E-state index contributed by atoms with van der Waals surface area (Å²) in [7, 11) is 1.47. The van der Waals surface area contributed by atoms with Crippen molar-refractivity contribution in [3.63, 3.8) is 0 Å². The molecule has 1 saturated heterocycles. The first-order chi connectivity index (χ1) is 11.1. The van der Waals surface area contributed by atoms with Crippen molar-refractivity contribution in [2.75, 3.05) is 20.2 Å². The molecule has 1 unspecified atom stereocenters. The van der Waals surface area contributed by atoms with Gasteiger partial charge in [0.2, 0.25) is 5.79 Å². The molecule has 3 atom stereocenters. The Morgan fingerprint density at radius 2 is 2.04 bits per heavy atom. The third-order valence-corrected chi connectivity index (χ3v) is 5.62. The van der Waals surface area contributed by atoms with Gasteiger partial charge in [-0.2, -0.15) is 0 Å². The molecule has 136 valence electrons. The molecule has 0 bridgehead atoms. The van der Waals surface area contributed by atoms with Crippen LogP contribution in [0.4, 0.5) is 0 Å². The first kappa shape index (κ1) is 17.9. The number of methoxy groups -OCH3 is 1. The van der Waals surface area contributed by atoms with E-state index in [9.17, 15) is 15.3 Å². The zero-order chi connectivity index (χ0) is 17.7. The number of aliphatic hydroxyl groups is 3. The highest BCUT2D eigenvalue weighted by Gasteiger charge is 2.44. The highest BCUT2D eigenvalue weighted by Crippen LogP contribution is 2.42. The van der Waals surface area contributed by atoms with Crippen LogP contribution in [-0.4, -0.2) is 58.4 Å². The van der Waals surface area contributed by atoms with Gasteiger partial charge in [-0.3, -0.25) is 4.90 Å². The second-order valence-electron chi connectivity index (χ2n) is 8.85. The van der Waals surface area contributed by atoms with Crippen LogP contribution in [0.25, 0.3) is 0 Å². The fourth-order valence-corrected chi connectivity index (χ4v) is 4.59. The molecule has 0 amide bonds. The van der Waals surface area contributed by atoms with Crippen LogP contribution in [0.5, 0.6) is 0 Å². The molecular formula is C19H31NO4. The van der Waals surface area contributed by atoms with Gasteiger partial charge in [0.05, 0.1) is 13.2 Å². The standard InChI is InChI=1S/C19H31NO4/c1-18(2,3)9-13-11-20-6-5-12-10-19(22,23)17(24-4)7-14(12)15(20)8-16(13)21/h7,13,15-16,21-23H,5-6,8-11H2,1-4H3/t13-,15-,16?/m0/s1. The van der Waals surface area contributed by atoms with E-state index >= 15 is 0 Å². The smallest absolute Gasteiger partial charge is 0.226 e. The molecule has 3 rings (SSSR count). The molecule has 24 heavy (non-hydrogen) atoms. The van der Waals surface area contributed by atoms with Gasteiger partial charge in [0, 0.05) is 25.6 Å². The maximum Gasteiger partial charge on any atom is 0.226 e. The molecule has 3 N–H and O–H groups in total. The van der Waals surface area contributed by atoms with Gasteiger partial charge in [0.1, 0.15) is 0 Å². The number of hydrogen-bond acceptors (Lipinski definition) is 5. The molecule has 1 fully saturated rings. The van der Waals surface area contributed by atoms with Crippen molar-refractivity contribution >= 4 is 0 Å². The summed E-state index contributed by atoms with van der Waals surface area (Å²) in [5.74, 6) is -1.40. The number of hydrogen-bond donors (Lipinski definition) is 3. The number of nitrogens with zero attached hydrogens (tertiary/aromatic N) is 1. The van der Waals surface area contributed by atoms with Crippen LogP contribution in [0.2, 0.25) is 0 Å². The Kier molecular flexibility index (Phi) is 4.58. The first-order valence-electron chi connectivity index (χ1n) is 8.96. The Bertz CT molecular complexity index is 558. The summed E-state index contributed by atoms with van der Waals surface area (Å²) in [6.07, 6.45) is 4.24. The van der Waals surface area contributed by atoms with E-state index in [1.165, 1.54) is 7.11 Å². The van der Waals surface area contributed by atoms with Gasteiger partial charge >= 0.3 is 0 Å². The Morgan fingerprint density at radius 3 is 2.67 bits per heavy atom. The molecule has 0 spiro atoms. The summed E-state index contributed by atoms with van der Waals surface area (Å²) in [5.41, 5.74) is 2.41. The van der Waals surface area contributed by atoms with Gasteiger partial charge in [0.25, 0.3) is 0 Å². The maximum absolute atomic E-state index is 10.7.